The monoisotopic (exact) mass is 387 g/mol. The van der Waals surface area contributed by atoms with Crippen molar-refractivity contribution in [2.45, 2.75) is 6.92 Å². The summed E-state index contributed by atoms with van der Waals surface area (Å²) in [4.78, 5) is 4.62. The molecule has 0 aliphatic heterocycles. The molecule has 4 rings (SSSR count). The van der Waals surface area contributed by atoms with Crippen molar-refractivity contribution in [2.75, 3.05) is 5.32 Å². The first kappa shape index (κ1) is 18.0. The molecule has 0 aliphatic carbocycles. The third-order valence-corrected chi connectivity index (χ3v) is 4.91. The molecule has 0 saturated carbocycles. The minimum absolute atomic E-state index is 0.443. The second-order valence-electron chi connectivity index (χ2n) is 6.47. The van der Waals surface area contributed by atoms with Crippen LogP contribution >= 0.6 is 11.6 Å². The predicted molar refractivity (Wildman–Crippen MR) is 115 cm³/mol. The summed E-state index contributed by atoms with van der Waals surface area (Å²) in [6, 6.07) is 25.2. The molecular weight excluding hydrogens is 370 g/mol. The summed E-state index contributed by atoms with van der Waals surface area (Å²) in [5.74, 6) is 0.734. The van der Waals surface area contributed by atoms with E-state index in [2.05, 4.69) is 15.5 Å². The van der Waals surface area contributed by atoms with Crippen LogP contribution in [0.15, 0.2) is 84.0 Å². The molecule has 4 aromatic rings. The van der Waals surface area contributed by atoms with Crippen LogP contribution in [-0.4, -0.2) is 15.9 Å². The zero-order valence-corrected chi connectivity index (χ0v) is 16.0. The van der Waals surface area contributed by atoms with E-state index in [9.17, 15) is 5.21 Å². The summed E-state index contributed by atoms with van der Waals surface area (Å²) in [7, 11) is 0. The molecule has 3 aromatic carbocycles. The molecule has 0 amide bonds. The molecule has 5 heteroatoms. The molecule has 0 spiro atoms. The molecule has 138 valence electrons. The number of pyridine rings is 1. The maximum absolute atomic E-state index is 9.59. The summed E-state index contributed by atoms with van der Waals surface area (Å²) in [6.07, 6.45) is 0. The molecule has 0 saturated heterocycles. The number of benzene rings is 3. The quantitative estimate of drug-likeness (QED) is 0.250. The van der Waals surface area contributed by atoms with Crippen molar-refractivity contribution in [2.24, 2.45) is 5.16 Å². The van der Waals surface area contributed by atoms with Gasteiger partial charge in [0.15, 0.2) is 0 Å². The lowest BCUT2D eigenvalue weighted by Crippen LogP contribution is -2.06. The van der Waals surface area contributed by atoms with Gasteiger partial charge in [0, 0.05) is 22.2 Å². The number of hydrogen-bond acceptors (Lipinski definition) is 4. The second kappa shape index (κ2) is 7.71. The SMILES string of the molecule is Cc1ccccc1C(=NO)c1ccc(Nc2ccc3ccccc3n2)cc1Cl. The molecule has 0 radical (unpaired) electrons. The fraction of sp³-hybridized carbons (Fsp3) is 0.0435. The number of oxime groups is 1. The molecule has 0 atom stereocenters. The maximum Gasteiger partial charge on any atom is 0.131 e. The van der Waals surface area contributed by atoms with Crippen LogP contribution in [0, 0.1) is 6.92 Å². The van der Waals surface area contributed by atoms with E-state index in [1.165, 1.54) is 0 Å². The largest absolute Gasteiger partial charge is 0.410 e. The average molecular weight is 388 g/mol. The lowest BCUT2D eigenvalue weighted by atomic mass is 9.98. The number of aromatic nitrogens is 1. The molecule has 1 aromatic heterocycles. The van der Waals surface area contributed by atoms with E-state index in [0.29, 0.717) is 16.3 Å². The Hall–Kier alpha value is -3.37. The molecule has 0 aliphatic rings. The van der Waals surface area contributed by atoms with Crippen LogP contribution in [0.1, 0.15) is 16.7 Å². The average Bonchev–Trinajstić information content (AvgIpc) is 2.71. The van der Waals surface area contributed by atoms with Crippen LogP contribution in [0.5, 0.6) is 0 Å². The highest BCUT2D eigenvalue weighted by molar-refractivity contribution is 6.35. The van der Waals surface area contributed by atoms with Crippen molar-refractivity contribution in [3.05, 3.63) is 101 Å². The van der Waals surface area contributed by atoms with E-state index in [0.717, 1.165) is 33.5 Å². The normalized spacial score (nSPS) is 11.6. The molecule has 1 heterocycles. The van der Waals surface area contributed by atoms with Crippen LogP contribution in [0.25, 0.3) is 10.9 Å². The van der Waals surface area contributed by atoms with E-state index in [4.69, 9.17) is 11.6 Å². The lowest BCUT2D eigenvalue weighted by molar-refractivity contribution is 0.319. The first-order valence-electron chi connectivity index (χ1n) is 8.86. The van der Waals surface area contributed by atoms with Crippen molar-refractivity contribution >= 4 is 39.7 Å². The Morgan fingerprint density at radius 2 is 1.71 bits per heavy atom. The zero-order chi connectivity index (χ0) is 19.5. The maximum atomic E-state index is 9.59. The van der Waals surface area contributed by atoms with Gasteiger partial charge in [-0.25, -0.2) is 4.98 Å². The van der Waals surface area contributed by atoms with Crippen LogP contribution in [-0.2, 0) is 0 Å². The van der Waals surface area contributed by atoms with Gasteiger partial charge in [-0.1, -0.05) is 59.2 Å². The van der Waals surface area contributed by atoms with E-state index in [-0.39, 0.29) is 0 Å². The summed E-state index contributed by atoms with van der Waals surface area (Å²) < 4.78 is 0. The Morgan fingerprint density at radius 1 is 0.929 bits per heavy atom. The Balaban J connectivity index is 1.64. The highest BCUT2D eigenvalue weighted by atomic mass is 35.5. The van der Waals surface area contributed by atoms with Crippen LogP contribution < -0.4 is 5.32 Å². The van der Waals surface area contributed by atoms with Crippen molar-refractivity contribution in [1.29, 1.82) is 0 Å². The van der Waals surface area contributed by atoms with Gasteiger partial charge >= 0.3 is 0 Å². The summed E-state index contributed by atoms with van der Waals surface area (Å²) in [6.45, 7) is 1.97. The van der Waals surface area contributed by atoms with Crippen LogP contribution in [0.4, 0.5) is 11.5 Å². The smallest absolute Gasteiger partial charge is 0.131 e. The predicted octanol–water partition coefficient (Wildman–Crippen LogP) is 6.17. The van der Waals surface area contributed by atoms with E-state index in [1.807, 2.05) is 79.7 Å². The molecule has 0 unspecified atom stereocenters. The Kier molecular flexibility index (Phi) is 4.96. The molecule has 4 nitrogen and oxygen atoms in total. The number of halogens is 1. The van der Waals surface area contributed by atoms with Gasteiger partial charge in [0.2, 0.25) is 0 Å². The molecule has 28 heavy (non-hydrogen) atoms. The Morgan fingerprint density at radius 3 is 2.50 bits per heavy atom. The van der Waals surface area contributed by atoms with Crippen LogP contribution in [0.2, 0.25) is 5.02 Å². The van der Waals surface area contributed by atoms with Gasteiger partial charge in [-0.05, 0) is 48.9 Å². The second-order valence-corrected chi connectivity index (χ2v) is 6.88. The molecular formula is C23H18ClN3O. The van der Waals surface area contributed by atoms with Gasteiger partial charge in [0.1, 0.15) is 11.5 Å². The highest BCUT2D eigenvalue weighted by Gasteiger charge is 2.14. The fourth-order valence-electron chi connectivity index (χ4n) is 3.16. The van der Waals surface area contributed by atoms with E-state index < -0.39 is 0 Å². The number of aryl methyl sites for hydroxylation is 1. The van der Waals surface area contributed by atoms with Gasteiger partial charge < -0.3 is 10.5 Å². The first-order chi connectivity index (χ1) is 13.7. The summed E-state index contributed by atoms with van der Waals surface area (Å²) in [5, 5.41) is 17.9. The van der Waals surface area contributed by atoms with Gasteiger partial charge in [0.05, 0.1) is 10.5 Å². The molecule has 0 bridgehead atoms. The fourth-order valence-corrected chi connectivity index (χ4v) is 3.43. The number of para-hydroxylation sites is 1. The Bertz CT molecular complexity index is 1190. The minimum Gasteiger partial charge on any atom is -0.410 e. The number of fused-ring (bicyclic) bond motifs is 1. The number of nitrogens with zero attached hydrogens (tertiary/aromatic N) is 2. The molecule has 0 fully saturated rings. The third-order valence-electron chi connectivity index (χ3n) is 4.60. The number of nitrogens with one attached hydrogen (secondary N) is 1. The topological polar surface area (TPSA) is 57.5 Å². The summed E-state index contributed by atoms with van der Waals surface area (Å²) in [5.41, 5.74) is 4.68. The number of hydrogen-bond donors (Lipinski definition) is 2. The van der Waals surface area contributed by atoms with Gasteiger partial charge in [-0.15, -0.1) is 0 Å². The van der Waals surface area contributed by atoms with Crippen molar-refractivity contribution in [3.63, 3.8) is 0 Å². The third kappa shape index (κ3) is 3.55. The van der Waals surface area contributed by atoms with Crippen molar-refractivity contribution < 1.29 is 5.21 Å². The minimum atomic E-state index is 0.443. The van der Waals surface area contributed by atoms with Crippen molar-refractivity contribution in [3.8, 4) is 0 Å². The molecule has 2 N–H and O–H groups in total. The number of anilines is 2. The first-order valence-corrected chi connectivity index (χ1v) is 9.24. The van der Waals surface area contributed by atoms with Crippen LogP contribution in [0.3, 0.4) is 0 Å². The standard InChI is InChI=1S/C23H18ClN3O/c1-15-6-2-4-8-18(15)23(27-28)19-12-11-17(14-20(19)24)25-22-13-10-16-7-3-5-9-21(16)26-22/h2-14,28H,1H3,(H,25,26). The lowest BCUT2D eigenvalue weighted by Gasteiger charge is -2.12. The van der Waals surface area contributed by atoms with Gasteiger partial charge in [-0.2, -0.15) is 0 Å². The number of rotatable bonds is 4. The van der Waals surface area contributed by atoms with Crippen molar-refractivity contribution in [1.82, 2.24) is 4.98 Å². The highest BCUT2D eigenvalue weighted by Crippen LogP contribution is 2.27. The van der Waals surface area contributed by atoms with E-state index >= 15 is 0 Å². The summed E-state index contributed by atoms with van der Waals surface area (Å²) >= 11 is 6.51. The Labute approximate surface area is 168 Å². The van der Waals surface area contributed by atoms with E-state index in [1.54, 1.807) is 6.07 Å². The van der Waals surface area contributed by atoms with Gasteiger partial charge in [0.25, 0.3) is 0 Å². The zero-order valence-electron chi connectivity index (χ0n) is 15.2. The van der Waals surface area contributed by atoms with Gasteiger partial charge in [-0.3, -0.25) is 0 Å².